The Morgan fingerprint density at radius 3 is 2.76 bits per heavy atom. The first-order valence-electron chi connectivity index (χ1n) is 10.4. The number of aryl methyl sites for hydroxylation is 1. The van der Waals surface area contributed by atoms with Crippen LogP contribution in [0, 0.1) is 0 Å². The minimum absolute atomic E-state index is 0.520. The highest BCUT2D eigenvalue weighted by Crippen LogP contribution is 2.26. The first-order valence-corrected chi connectivity index (χ1v) is 10.4. The molecule has 0 aromatic carbocycles. The Hall–Kier alpha value is -2.61. The highest BCUT2D eigenvalue weighted by atomic mass is 15.3. The maximum absolute atomic E-state index is 4.59. The maximum Gasteiger partial charge on any atom is 0.193 e. The Kier molecular flexibility index (Phi) is 5.99. The van der Waals surface area contributed by atoms with Crippen molar-refractivity contribution in [2.24, 2.45) is 12.0 Å². The lowest BCUT2D eigenvalue weighted by Gasteiger charge is -2.33. The van der Waals surface area contributed by atoms with Crippen molar-refractivity contribution in [2.45, 2.75) is 18.9 Å². The lowest BCUT2D eigenvalue weighted by Crippen LogP contribution is -2.44. The second-order valence-electron chi connectivity index (χ2n) is 8.09. The van der Waals surface area contributed by atoms with Gasteiger partial charge in [-0.15, -0.1) is 0 Å². The fraction of sp³-hybridized carbons (Fsp3) is 0.571. The monoisotopic (exact) mass is 396 g/mol. The molecule has 1 atom stereocenters. The fourth-order valence-corrected chi connectivity index (χ4v) is 4.17. The molecule has 0 aliphatic carbocycles. The molecule has 0 amide bonds. The van der Waals surface area contributed by atoms with Crippen LogP contribution >= 0.6 is 0 Å². The van der Waals surface area contributed by atoms with Gasteiger partial charge in [0.15, 0.2) is 5.96 Å². The Balaban J connectivity index is 1.34. The summed E-state index contributed by atoms with van der Waals surface area (Å²) >= 11 is 0. The van der Waals surface area contributed by atoms with Crippen molar-refractivity contribution in [1.29, 1.82) is 0 Å². The summed E-state index contributed by atoms with van der Waals surface area (Å²) < 4.78 is 1.88. The second kappa shape index (κ2) is 8.82. The maximum atomic E-state index is 4.59. The van der Waals surface area contributed by atoms with Gasteiger partial charge in [-0.25, -0.2) is 4.98 Å². The van der Waals surface area contributed by atoms with E-state index in [1.54, 1.807) is 0 Å². The smallest absolute Gasteiger partial charge is 0.193 e. The predicted molar refractivity (Wildman–Crippen MR) is 116 cm³/mol. The van der Waals surface area contributed by atoms with Crippen molar-refractivity contribution in [2.75, 3.05) is 58.3 Å². The second-order valence-corrected chi connectivity index (χ2v) is 8.09. The van der Waals surface area contributed by atoms with E-state index >= 15 is 0 Å². The van der Waals surface area contributed by atoms with Crippen LogP contribution in [-0.4, -0.2) is 83.9 Å². The minimum atomic E-state index is 0.520. The lowest BCUT2D eigenvalue weighted by molar-refractivity contribution is 0.312. The zero-order chi connectivity index (χ0) is 20.2. The number of likely N-dealkylation sites (N-methyl/N-ethyl adjacent to an activating group) is 1. The first kappa shape index (κ1) is 19.7. The topological polar surface area (TPSA) is 64.8 Å². The van der Waals surface area contributed by atoms with Crippen molar-refractivity contribution < 1.29 is 0 Å². The van der Waals surface area contributed by atoms with Crippen LogP contribution in [0.5, 0.6) is 0 Å². The van der Waals surface area contributed by atoms with Gasteiger partial charge in [0.05, 0.1) is 6.20 Å². The Bertz CT molecular complexity index is 837. The Morgan fingerprint density at radius 1 is 1.21 bits per heavy atom. The quantitative estimate of drug-likeness (QED) is 0.618. The van der Waals surface area contributed by atoms with E-state index in [1.165, 1.54) is 11.1 Å². The van der Waals surface area contributed by atoms with E-state index in [4.69, 9.17) is 0 Å². The number of anilines is 1. The highest BCUT2D eigenvalue weighted by Gasteiger charge is 2.26. The Labute approximate surface area is 173 Å². The third kappa shape index (κ3) is 4.70. The number of aliphatic imine (C=N–C) groups is 1. The summed E-state index contributed by atoms with van der Waals surface area (Å²) in [5.74, 6) is 2.56. The summed E-state index contributed by atoms with van der Waals surface area (Å²) in [6.07, 6.45) is 7.17. The molecule has 8 heteroatoms. The molecule has 2 fully saturated rings. The average Bonchev–Trinajstić information content (AvgIpc) is 3.39. The number of rotatable bonds is 4. The molecule has 2 aliphatic heterocycles. The molecule has 8 nitrogen and oxygen atoms in total. The van der Waals surface area contributed by atoms with Gasteiger partial charge in [-0.1, -0.05) is 0 Å². The molecule has 29 heavy (non-hydrogen) atoms. The number of hydrogen-bond donors (Lipinski definition) is 1. The lowest BCUT2D eigenvalue weighted by atomic mass is 10.0. The third-order valence-corrected chi connectivity index (χ3v) is 5.98. The van der Waals surface area contributed by atoms with Crippen molar-refractivity contribution >= 4 is 11.8 Å². The summed E-state index contributed by atoms with van der Waals surface area (Å²) in [6.45, 7) is 6.99. The average molecular weight is 397 g/mol. The van der Waals surface area contributed by atoms with E-state index in [2.05, 4.69) is 60.5 Å². The first-order chi connectivity index (χ1) is 14.1. The summed E-state index contributed by atoms with van der Waals surface area (Å²) in [5.41, 5.74) is 2.55. The van der Waals surface area contributed by atoms with Crippen molar-refractivity contribution in [3.63, 3.8) is 0 Å². The number of hydrogen-bond acceptors (Lipinski definition) is 5. The van der Waals surface area contributed by atoms with Crippen molar-refractivity contribution in [3.8, 4) is 0 Å². The van der Waals surface area contributed by atoms with Gasteiger partial charge in [0, 0.05) is 78.2 Å². The van der Waals surface area contributed by atoms with Gasteiger partial charge in [0.25, 0.3) is 0 Å². The van der Waals surface area contributed by atoms with Crippen LogP contribution in [0.4, 0.5) is 5.82 Å². The molecule has 4 heterocycles. The zero-order valence-electron chi connectivity index (χ0n) is 17.8. The van der Waals surface area contributed by atoms with Gasteiger partial charge >= 0.3 is 0 Å². The molecule has 0 bridgehead atoms. The van der Waals surface area contributed by atoms with Gasteiger partial charge < -0.3 is 20.0 Å². The van der Waals surface area contributed by atoms with Crippen LogP contribution in [0.1, 0.15) is 23.5 Å². The molecule has 2 aromatic rings. The SMILES string of the molecule is CN=C(NCc1ccnc(N2CCN(C)CC2)c1)N1CCC(c2cnn(C)c2)C1. The molecule has 1 unspecified atom stereocenters. The fourth-order valence-electron chi connectivity index (χ4n) is 4.17. The molecule has 0 radical (unpaired) electrons. The van der Waals surface area contributed by atoms with Gasteiger partial charge in [0.1, 0.15) is 5.82 Å². The number of guanidine groups is 1. The summed E-state index contributed by atoms with van der Waals surface area (Å²) in [4.78, 5) is 16.2. The van der Waals surface area contributed by atoms with Crippen molar-refractivity contribution in [3.05, 3.63) is 41.9 Å². The highest BCUT2D eigenvalue weighted by molar-refractivity contribution is 5.80. The van der Waals surface area contributed by atoms with Crippen LogP contribution in [0.2, 0.25) is 0 Å². The molecule has 2 aromatic heterocycles. The zero-order valence-corrected chi connectivity index (χ0v) is 17.8. The van der Waals surface area contributed by atoms with Crippen molar-refractivity contribution in [1.82, 2.24) is 29.9 Å². The molecule has 2 aliphatic rings. The summed E-state index contributed by atoms with van der Waals surface area (Å²) in [6, 6.07) is 4.29. The van der Waals surface area contributed by atoms with E-state index in [-0.39, 0.29) is 0 Å². The summed E-state index contributed by atoms with van der Waals surface area (Å²) in [7, 11) is 6.01. The third-order valence-electron chi connectivity index (χ3n) is 5.98. The van der Waals surface area contributed by atoms with E-state index in [0.717, 1.165) is 64.0 Å². The number of piperazine rings is 1. The number of nitrogens with one attached hydrogen (secondary N) is 1. The number of pyridine rings is 1. The number of likely N-dealkylation sites (tertiary alicyclic amines) is 1. The number of aromatic nitrogens is 3. The molecule has 1 N–H and O–H groups in total. The Morgan fingerprint density at radius 2 is 2.03 bits per heavy atom. The van der Waals surface area contributed by atoms with Crippen LogP contribution in [0.3, 0.4) is 0 Å². The normalized spacial score (nSPS) is 21.1. The molecule has 0 saturated carbocycles. The number of nitrogens with zero attached hydrogens (tertiary/aromatic N) is 7. The van der Waals surface area contributed by atoms with Crippen LogP contribution in [0.25, 0.3) is 0 Å². The molecule has 4 rings (SSSR count). The largest absolute Gasteiger partial charge is 0.354 e. The predicted octanol–water partition coefficient (Wildman–Crippen LogP) is 1.13. The molecular formula is C21H32N8. The van der Waals surface area contributed by atoms with Crippen LogP contribution in [-0.2, 0) is 13.6 Å². The minimum Gasteiger partial charge on any atom is -0.354 e. The summed E-state index contributed by atoms with van der Waals surface area (Å²) in [5, 5.41) is 7.86. The van der Waals surface area contributed by atoms with Gasteiger partial charge in [-0.05, 0) is 36.7 Å². The molecule has 2 saturated heterocycles. The van der Waals surface area contributed by atoms with Gasteiger partial charge in [-0.3, -0.25) is 9.67 Å². The van der Waals surface area contributed by atoms with E-state index in [9.17, 15) is 0 Å². The standard InChI is InChI=1S/C21H32N8/c1-22-21(29-7-5-18(16-29)19-14-25-27(3)15-19)24-13-17-4-6-23-20(12-17)28-10-8-26(2)9-11-28/h4,6,12,14-15,18H,5,7-11,13,16H2,1-3H3,(H,22,24). The van der Waals surface area contributed by atoms with E-state index in [0.29, 0.717) is 5.92 Å². The van der Waals surface area contributed by atoms with Crippen LogP contribution < -0.4 is 10.2 Å². The van der Waals surface area contributed by atoms with Crippen LogP contribution in [0.15, 0.2) is 35.7 Å². The molecule has 0 spiro atoms. The van der Waals surface area contributed by atoms with E-state index < -0.39 is 0 Å². The van der Waals surface area contributed by atoms with Gasteiger partial charge in [-0.2, -0.15) is 5.10 Å². The molecular weight excluding hydrogens is 364 g/mol. The molecule has 156 valence electrons. The van der Waals surface area contributed by atoms with E-state index in [1.807, 2.05) is 31.2 Å². The van der Waals surface area contributed by atoms with Gasteiger partial charge in [0.2, 0.25) is 0 Å².